The topological polar surface area (TPSA) is 65.2 Å². The minimum Gasteiger partial charge on any atom is -0.453 e. The zero-order valence-corrected chi connectivity index (χ0v) is 8.86. The fourth-order valence-electron chi connectivity index (χ4n) is 0.904. The van der Waals surface area contributed by atoms with Crippen LogP contribution in [0.5, 0.6) is 0 Å². The molecule has 1 rings (SSSR count). The molecular weight excluding hydrogens is 184 g/mol. The molecule has 74 valence electrons. The lowest BCUT2D eigenvalue weighted by atomic mass is 10.0. The molecule has 0 aliphatic heterocycles. The average molecular weight is 200 g/mol. The molecule has 1 heterocycles. The molecule has 0 aliphatic carbocycles. The van der Waals surface area contributed by atoms with Crippen LogP contribution in [0, 0.1) is 0 Å². The molecule has 0 aliphatic rings. The molecule has 3 nitrogen and oxygen atoms in total. The summed E-state index contributed by atoms with van der Waals surface area (Å²) in [5.41, 5.74) is 10.9. The molecule has 0 radical (unpaired) electrons. The van der Waals surface area contributed by atoms with E-state index in [1.807, 2.05) is 26.0 Å². The maximum Gasteiger partial charge on any atom is 0.160 e. The second-order valence-electron chi connectivity index (χ2n) is 3.48. The van der Waals surface area contributed by atoms with Crippen LogP contribution in [0.2, 0.25) is 0 Å². The highest BCUT2D eigenvalue weighted by molar-refractivity contribution is 7.99. The zero-order chi connectivity index (χ0) is 9.90. The molecule has 13 heavy (non-hydrogen) atoms. The SMILES string of the molecule is CC(C)(N)c1ccc(SCCN)o1. The predicted octanol–water partition coefficient (Wildman–Crippen LogP) is 1.52. The third kappa shape index (κ3) is 3.06. The van der Waals surface area contributed by atoms with Gasteiger partial charge in [-0.2, -0.15) is 0 Å². The quantitative estimate of drug-likeness (QED) is 0.723. The lowest BCUT2D eigenvalue weighted by molar-refractivity contribution is 0.352. The first-order valence-electron chi connectivity index (χ1n) is 4.26. The Morgan fingerprint density at radius 3 is 2.62 bits per heavy atom. The van der Waals surface area contributed by atoms with Crippen LogP contribution in [-0.4, -0.2) is 12.3 Å². The van der Waals surface area contributed by atoms with Gasteiger partial charge < -0.3 is 15.9 Å². The Morgan fingerprint density at radius 2 is 2.15 bits per heavy atom. The van der Waals surface area contributed by atoms with E-state index in [9.17, 15) is 0 Å². The molecule has 1 aromatic heterocycles. The predicted molar refractivity (Wildman–Crippen MR) is 55.7 cm³/mol. The van der Waals surface area contributed by atoms with Crippen molar-refractivity contribution in [3.63, 3.8) is 0 Å². The van der Waals surface area contributed by atoms with Gasteiger partial charge in [0.25, 0.3) is 0 Å². The number of hydrogen-bond donors (Lipinski definition) is 2. The highest BCUT2D eigenvalue weighted by Gasteiger charge is 2.18. The van der Waals surface area contributed by atoms with Crippen LogP contribution in [0.3, 0.4) is 0 Å². The van der Waals surface area contributed by atoms with Crippen molar-refractivity contribution in [3.05, 3.63) is 17.9 Å². The summed E-state index contributed by atoms with van der Waals surface area (Å²) in [6, 6.07) is 3.85. The first kappa shape index (κ1) is 10.6. The van der Waals surface area contributed by atoms with E-state index in [1.165, 1.54) is 0 Å². The minimum absolute atomic E-state index is 0.401. The third-order valence-corrected chi connectivity index (χ3v) is 2.52. The van der Waals surface area contributed by atoms with Crippen molar-refractivity contribution in [2.75, 3.05) is 12.3 Å². The second-order valence-corrected chi connectivity index (χ2v) is 4.58. The van der Waals surface area contributed by atoms with E-state index in [4.69, 9.17) is 15.9 Å². The van der Waals surface area contributed by atoms with E-state index in [1.54, 1.807) is 11.8 Å². The fraction of sp³-hybridized carbons (Fsp3) is 0.556. The average Bonchev–Trinajstić information content (AvgIpc) is 2.47. The summed E-state index contributed by atoms with van der Waals surface area (Å²) in [5.74, 6) is 1.69. The van der Waals surface area contributed by atoms with E-state index in [0.29, 0.717) is 6.54 Å². The lowest BCUT2D eigenvalue weighted by Crippen LogP contribution is -2.27. The Kier molecular flexibility index (Phi) is 3.41. The molecule has 4 N–H and O–H groups in total. The first-order chi connectivity index (χ1) is 6.04. The number of hydrogen-bond acceptors (Lipinski definition) is 4. The maximum absolute atomic E-state index is 5.87. The lowest BCUT2D eigenvalue weighted by Gasteiger charge is -2.14. The molecule has 0 fully saturated rings. The van der Waals surface area contributed by atoms with E-state index in [0.717, 1.165) is 16.6 Å². The largest absolute Gasteiger partial charge is 0.453 e. The molecule has 0 atom stereocenters. The van der Waals surface area contributed by atoms with Crippen LogP contribution in [0.4, 0.5) is 0 Å². The van der Waals surface area contributed by atoms with Crippen molar-refractivity contribution >= 4 is 11.8 Å². The molecule has 0 bridgehead atoms. The molecule has 0 saturated carbocycles. The van der Waals surface area contributed by atoms with Crippen LogP contribution in [0.25, 0.3) is 0 Å². The van der Waals surface area contributed by atoms with Crippen molar-refractivity contribution in [3.8, 4) is 0 Å². The van der Waals surface area contributed by atoms with Gasteiger partial charge in [0.1, 0.15) is 5.76 Å². The van der Waals surface area contributed by atoms with E-state index in [-0.39, 0.29) is 0 Å². The van der Waals surface area contributed by atoms with E-state index >= 15 is 0 Å². The summed E-state index contributed by atoms with van der Waals surface area (Å²) in [6.07, 6.45) is 0. The van der Waals surface area contributed by atoms with Gasteiger partial charge >= 0.3 is 0 Å². The van der Waals surface area contributed by atoms with Gasteiger partial charge in [0.15, 0.2) is 5.09 Å². The van der Waals surface area contributed by atoms with Crippen LogP contribution in [0.15, 0.2) is 21.6 Å². The number of furan rings is 1. The van der Waals surface area contributed by atoms with Gasteiger partial charge in [-0.15, -0.1) is 0 Å². The zero-order valence-electron chi connectivity index (χ0n) is 8.04. The Bertz CT molecular complexity index is 265. The smallest absolute Gasteiger partial charge is 0.160 e. The second kappa shape index (κ2) is 4.17. The summed E-state index contributed by atoms with van der Waals surface area (Å²) in [5, 5.41) is 0.888. The number of nitrogens with two attached hydrogens (primary N) is 2. The molecule has 0 amide bonds. The molecule has 0 unspecified atom stereocenters. The van der Waals surface area contributed by atoms with Gasteiger partial charge in [0.05, 0.1) is 5.54 Å². The van der Waals surface area contributed by atoms with Crippen molar-refractivity contribution in [2.24, 2.45) is 11.5 Å². The van der Waals surface area contributed by atoms with Crippen molar-refractivity contribution in [1.82, 2.24) is 0 Å². The van der Waals surface area contributed by atoms with Crippen LogP contribution < -0.4 is 11.5 Å². The van der Waals surface area contributed by atoms with Crippen molar-refractivity contribution in [1.29, 1.82) is 0 Å². The Morgan fingerprint density at radius 1 is 1.46 bits per heavy atom. The third-order valence-electron chi connectivity index (χ3n) is 1.58. The maximum atomic E-state index is 5.87. The van der Waals surface area contributed by atoms with Gasteiger partial charge in [-0.3, -0.25) is 0 Å². The van der Waals surface area contributed by atoms with E-state index in [2.05, 4.69) is 0 Å². The Labute approximate surface area is 82.9 Å². The summed E-state index contributed by atoms with van der Waals surface area (Å²) < 4.78 is 5.53. The number of thioether (sulfide) groups is 1. The van der Waals surface area contributed by atoms with Gasteiger partial charge in [0.2, 0.25) is 0 Å². The van der Waals surface area contributed by atoms with Crippen molar-refractivity contribution in [2.45, 2.75) is 24.5 Å². The molecule has 1 aromatic rings. The van der Waals surface area contributed by atoms with Gasteiger partial charge in [-0.25, -0.2) is 0 Å². The van der Waals surface area contributed by atoms with Gasteiger partial charge in [-0.1, -0.05) is 11.8 Å². The summed E-state index contributed by atoms with van der Waals surface area (Å²) in [6.45, 7) is 4.50. The normalized spacial score (nSPS) is 12.0. The fourth-order valence-corrected chi connectivity index (χ4v) is 1.54. The summed E-state index contributed by atoms with van der Waals surface area (Å²) >= 11 is 1.61. The Hall–Kier alpha value is -0.450. The molecule has 0 saturated heterocycles. The highest BCUT2D eigenvalue weighted by Crippen LogP contribution is 2.25. The number of rotatable bonds is 4. The van der Waals surface area contributed by atoms with E-state index < -0.39 is 5.54 Å². The Balaban J connectivity index is 2.64. The van der Waals surface area contributed by atoms with Crippen LogP contribution in [0.1, 0.15) is 19.6 Å². The van der Waals surface area contributed by atoms with Gasteiger partial charge in [0, 0.05) is 12.3 Å². The van der Waals surface area contributed by atoms with Gasteiger partial charge in [-0.05, 0) is 26.0 Å². The molecule has 0 spiro atoms. The molecule has 4 heteroatoms. The minimum atomic E-state index is -0.401. The first-order valence-corrected chi connectivity index (χ1v) is 5.24. The summed E-state index contributed by atoms with van der Waals surface area (Å²) in [7, 11) is 0. The molecule has 0 aromatic carbocycles. The van der Waals surface area contributed by atoms with Crippen molar-refractivity contribution < 1.29 is 4.42 Å². The highest BCUT2D eigenvalue weighted by atomic mass is 32.2. The van der Waals surface area contributed by atoms with Crippen LogP contribution >= 0.6 is 11.8 Å². The standard InChI is InChI=1S/C9H16N2OS/c1-9(2,11)7-3-4-8(12-7)13-6-5-10/h3-4H,5-6,10-11H2,1-2H3. The molecular formula is C9H16N2OS. The monoisotopic (exact) mass is 200 g/mol. The van der Waals surface area contributed by atoms with Crippen LogP contribution in [-0.2, 0) is 5.54 Å². The summed E-state index contributed by atoms with van der Waals surface area (Å²) in [4.78, 5) is 0.